The highest BCUT2D eigenvalue weighted by molar-refractivity contribution is 4.64. The smallest absolute Gasteiger partial charge is 0.00787 e. The minimum Gasteiger partial charge on any atom is -0.320 e. The Hall–Kier alpha value is -0.0800. The largest absolute Gasteiger partial charge is 0.320 e. The predicted molar refractivity (Wildman–Crippen MR) is 50.9 cm³/mol. The van der Waals surface area contributed by atoms with Crippen LogP contribution in [0.3, 0.4) is 0 Å². The van der Waals surface area contributed by atoms with Crippen molar-refractivity contribution in [3.05, 3.63) is 0 Å². The Morgan fingerprint density at radius 3 is 2.18 bits per heavy atom. The lowest BCUT2D eigenvalue weighted by atomic mass is 10.2. The molecule has 0 aromatic rings. The minimum absolute atomic E-state index is 0.720. The van der Waals surface area contributed by atoms with Crippen LogP contribution in [-0.2, 0) is 0 Å². The van der Waals surface area contributed by atoms with Gasteiger partial charge in [0.05, 0.1) is 0 Å². The van der Waals surface area contributed by atoms with E-state index in [0.29, 0.717) is 0 Å². The summed E-state index contributed by atoms with van der Waals surface area (Å²) >= 11 is 0. The van der Waals surface area contributed by atoms with E-state index >= 15 is 0 Å². The molecule has 0 heterocycles. The second-order valence-electron chi connectivity index (χ2n) is 2.96. The van der Waals surface area contributed by atoms with E-state index in [9.17, 15) is 0 Å². The standard InChI is InChI=1S/C9H22N2/c1-5-11(6-2)9(3)7-8-10-4/h9-10H,5-8H2,1-4H3. The third-order valence-corrected chi connectivity index (χ3v) is 2.25. The summed E-state index contributed by atoms with van der Waals surface area (Å²) in [5.41, 5.74) is 0. The van der Waals surface area contributed by atoms with E-state index in [1.54, 1.807) is 0 Å². The zero-order valence-electron chi connectivity index (χ0n) is 8.35. The highest BCUT2D eigenvalue weighted by Gasteiger charge is 2.07. The van der Waals surface area contributed by atoms with Crippen molar-refractivity contribution >= 4 is 0 Å². The molecule has 0 saturated heterocycles. The Bertz CT molecular complexity index is 79.6. The summed E-state index contributed by atoms with van der Waals surface area (Å²) in [7, 11) is 2.01. The monoisotopic (exact) mass is 158 g/mol. The van der Waals surface area contributed by atoms with Crippen LogP contribution in [0.1, 0.15) is 27.2 Å². The zero-order chi connectivity index (χ0) is 8.69. The number of hydrogen-bond acceptors (Lipinski definition) is 2. The first kappa shape index (κ1) is 10.9. The summed E-state index contributed by atoms with van der Waals surface area (Å²) in [6.07, 6.45) is 1.25. The van der Waals surface area contributed by atoms with Gasteiger partial charge in [-0.15, -0.1) is 0 Å². The lowest BCUT2D eigenvalue weighted by Crippen LogP contribution is -2.34. The van der Waals surface area contributed by atoms with Gasteiger partial charge in [-0.1, -0.05) is 13.8 Å². The molecule has 2 heteroatoms. The van der Waals surface area contributed by atoms with Crippen molar-refractivity contribution in [1.29, 1.82) is 0 Å². The number of nitrogens with one attached hydrogen (secondary N) is 1. The summed E-state index contributed by atoms with van der Waals surface area (Å²) in [6, 6.07) is 0.720. The fourth-order valence-corrected chi connectivity index (χ4v) is 1.38. The van der Waals surface area contributed by atoms with Gasteiger partial charge in [0.15, 0.2) is 0 Å². The number of nitrogens with zero attached hydrogens (tertiary/aromatic N) is 1. The van der Waals surface area contributed by atoms with E-state index in [0.717, 1.165) is 12.6 Å². The van der Waals surface area contributed by atoms with E-state index in [1.165, 1.54) is 19.5 Å². The zero-order valence-corrected chi connectivity index (χ0v) is 8.35. The summed E-state index contributed by atoms with van der Waals surface area (Å²) in [5.74, 6) is 0. The molecule has 0 spiro atoms. The van der Waals surface area contributed by atoms with Gasteiger partial charge in [0.25, 0.3) is 0 Å². The van der Waals surface area contributed by atoms with Crippen molar-refractivity contribution in [3.63, 3.8) is 0 Å². The van der Waals surface area contributed by atoms with Gasteiger partial charge in [-0.05, 0) is 40.0 Å². The molecule has 0 aliphatic heterocycles. The molecule has 0 radical (unpaired) electrons. The van der Waals surface area contributed by atoms with Gasteiger partial charge in [0.1, 0.15) is 0 Å². The topological polar surface area (TPSA) is 15.3 Å². The average Bonchev–Trinajstić information content (AvgIpc) is 2.03. The third kappa shape index (κ3) is 4.38. The first-order chi connectivity index (χ1) is 5.26. The van der Waals surface area contributed by atoms with Gasteiger partial charge in [0, 0.05) is 6.04 Å². The lowest BCUT2D eigenvalue weighted by Gasteiger charge is -2.26. The Labute approximate surface area is 71.0 Å². The minimum atomic E-state index is 0.720. The molecular weight excluding hydrogens is 136 g/mol. The Morgan fingerprint density at radius 2 is 1.82 bits per heavy atom. The normalized spacial score (nSPS) is 13.9. The van der Waals surface area contributed by atoms with Crippen molar-refractivity contribution in [2.75, 3.05) is 26.7 Å². The van der Waals surface area contributed by atoms with E-state index in [2.05, 4.69) is 31.0 Å². The highest BCUT2D eigenvalue weighted by Crippen LogP contribution is 2.01. The maximum atomic E-state index is 3.17. The van der Waals surface area contributed by atoms with Gasteiger partial charge < -0.3 is 10.2 Å². The summed E-state index contributed by atoms with van der Waals surface area (Å²) < 4.78 is 0. The first-order valence-electron chi connectivity index (χ1n) is 4.64. The molecule has 1 N–H and O–H groups in total. The first-order valence-corrected chi connectivity index (χ1v) is 4.64. The molecule has 1 unspecified atom stereocenters. The van der Waals surface area contributed by atoms with E-state index in [4.69, 9.17) is 0 Å². The van der Waals surface area contributed by atoms with Crippen molar-refractivity contribution in [3.8, 4) is 0 Å². The van der Waals surface area contributed by atoms with E-state index < -0.39 is 0 Å². The van der Waals surface area contributed by atoms with Gasteiger partial charge in [0.2, 0.25) is 0 Å². The molecule has 0 aromatic heterocycles. The molecule has 0 rings (SSSR count). The average molecular weight is 158 g/mol. The molecule has 68 valence electrons. The number of rotatable bonds is 6. The SMILES string of the molecule is CCN(CC)C(C)CCNC. The van der Waals surface area contributed by atoms with E-state index in [-0.39, 0.29) is 0 Å². The Balaban J connectivity index is 3.51. The van der Waals surface area contributed by atoms with Crippen molar-refractivity contribution in [2.24, 2.45) is 0 Å². The molecule has 0 fully saturated rings. The molecule has 0 saturated carbocycles. The van der Waals surface area contributed by atoms with E-state index in [1.807, 2.05) is 7.05 Å². The highest BCUT2D eigenvalue weighted by atomic mass is 15.1. The molecule has 0 bridgehead atoms. The van der Waals surface area contributed by atoms with Crippen LogP contribution in [0.4, 0.5) is 0 Å². The fourth-order valence-electron chi connectivity index (χ4n) is 1.38. The third-order valence-electron chi connectivity index (χ3n) is 2.25. The maximum Gasteiger partial charge on any atom is 0.00787 e. The van der Waals surface area contributed by atoms with Crippen LogP contribution in [0.5, 0.6) is 0 Å². The predicted octanol–water partition coefficient (Wildman–Crippen LogP) is 1.33. The van der Waals surface area contributed by atoms with Crippen LogP contribution >= 0.6 is 0 Å². The maximum absolute atomic E-state index is 3.17. The van der Waals surface area contributed by atoms with Crippen molar-refractivity contribution < 1.29 is 0 Å². The second-order valence-corrected chi connectivity index (χ2v) is 2.96. The summed E-state index contributed by atoms with van der Waals surface area (Å²) in [6.45, 7) is 10.2. The second kappa shape index (κ2) is 6.62. The van der Waals surface area contributed by atoms with Crippen LogP contribution in [0, 0.1) is 0 Å². The lowest BCUT2D eigenvalue weighted by molar-refractivity contribution is 0.221. The van der Waals surface area contributed by atoms with Crippen LogP contribution < -0.4 is 5.32 Å². The van der Waals surface area contributed by atoms with Gasteiger partial charge in [-0.3, -0.25) is 0 Å². The Morgan fingerprint density at radius 1 is 1.27 bits per heavy atom. The fraction of sp³-hybridized carbons (Fsp3) is 1.00. The van der Waals surface area contributed by atoms with Crippen LogP contribution in [0.25, 0.3) is 0 Å². The quantitative estimate of drug-likeness (QED) is 0.627. The molecule has 0 aliphatic rings. The molecule has 0 amide bonds. The van der Waals surface area contributed by atoms with Crippen molar-refractivity contribution in [2.45, 2.75) is 33.2 Å². The van der Waals surface area contributed by atoms with Gasteiger partial charge in [-0.2, -0.15) is 0 Å². The molecule has 1 atom stereocenters. The van der Waals surface area contributed by atoms with Gasteiger partial charge in [-0.25, -0.2) is 0 Å². The summed E-state index contributed by atoms with van der Waals surface area (Å²) in [4.78, 5) is 2.48. The molecule has 0 aromatic carbocycles. The summed E-state index contributed by atoms with van der Waals surface area (Å²) in [5, 5.41) is 3.17. The molecular formula is C9H22N2. The van der Waals surface area contributed by atoms with Crippen LogP contribution in [0.2, 0.25) is 0 Å². The van der Waals surface area contributed by atoms with Crippen molar-refractivity contribution in [1.82, 2.24) is 10.2 Å². The molecule has 0 aliphatic carbocycles. The molecule has 11 heavy (non-hydrogen) atoms. The Kier molecular flexibility index (Phi) is 6.57. The molecule has 2 nitrogen and oxygen atoms in total. The van der Waals surface area contributed by atoms with Crippen LogP contribution in [-0.4, -0.2) is 37.6 Å². The van der Waals surface area contributed by atoms with Gasteiger partial charge >= 0.3 is 0 Å². The van der Waals surface area contributed by atoms with Crippen LogP contribution in [0.15, 0.2) is 0 Å². The number of hydrogen-bond donors (Lipinski definition) is 1.